The van der Waals surface area contributed by atoms with E-state index in [4.69, 9.17) is 9.57 Å². The summed E-state index contributed by atoms with van der Waals surface area (Å²) in [6.07, 6.45) is 1.36. The minimum absolute atomic E-state index is 0.0125. The van der Waals surface area contributed by atoms with Crippen molar-refractivity contribution in [2.75, 3.05) is 18.4 Å². The van der Waals surface area contributed by atoms with Gasteiger partial charge in [-0.15, -0.1) is 11.3 Å². The zero-order valence-corrected chi connectivity index (χ0v) is 22.6. The standard InChI is InChI=1S/C23H32N6O8S/c1-22(2,3)36-21(35)27-20-25-13(11-38-20)16(28-37-23(4,5)19(33)34)18(32)26-15-12(24-17(15)31)10-29-9-7-6-8-14(29)30/h11-12,15H,6-10H2,1-5H3,(H,24,31)(H,26,32)(H,33,34)(H,25,27,35)/t12-,15+/m1/s1. The van der Waals surface area contributed by atoms with Crippen molar-refractivity contribution < 1.29 is 38.7 Å². The van der Waals surface area contributed by atoms with Crippen molar-refractivity contribution in [3.8, 4) is 0 Å². The summed E-state index contributed by atoms with van der Waals surface area (Å²) in [6.45, 7) is 8.39. The zero-order chi connectivity index (χ0) is 28.3. The number of thiazole rings is 1. The number of β-lactam (4-membered cyclic amide) rings is 1. The zero-order valence-electron chi connectivity index (χ0n) is 21.8. The van der Waals surface area contributed by atoms with E-state index in [-0.39, 0.29) is 23.3 Å². The van der Waals surface area contributed by atoms with Gasteiger partial charge in [-0.1, -0.05) is 5.16 Å². The maximum Gasteiger partial charge on any atom is 0.413 e. The van der Waals surface area contributed by atoms with Crippen molar-refractivity contribution >= 4 is 52.0 Å². The van der Waals surface area contributed by atoms with Crippen molar-refractivity contribution in [3.05, 3.63) is 11.1 Å². The Morgan fingerprint density at radius 2 is 1.95 bits per heavy atom. The molecule has 2 fully saturated rings. The normalized spacial score (nSPS) is 20.2. The fourth-order valence-electron chi connectivity index (χ4n) is 3.50. The van der Waals surface area contributed by atoms with E-state index in [2.05, 4.69) is 26.1 Å². The Morgan fingerprint density at radius 3 is 2.55 bits per heavy atom. The number of rotatable bonds is 9. The van der Waals surface area contributed by atoms with Crippen molar-refractivity contribution in [3.63, 3.8) is 0 Å². The minimum Gasteiger partial charge on any atom is -0.478 e. The van der Waals surface area contributed by atoms with Gasteiger partial charge in [-0.3, -0.25) is 19.7 Å². The molecule has 38 heavy (non-hydrogen) atoms. The number of aliphatic carboxylic acids is 1. The fraction of sp³-hybridized carbons (Fsp3) is 0.609. The van der Waals surface area contributed by atoms with Crippen LogP contribution in [-0.4, -0.2) is 86.9 Å². The van der Waals surface area contributed by atoms with Crippen LogP contribution in [0.25, 0.3) is 0 Å². The summed E-state index contributed by atoms with van der Waals surface area (Å²) in [5.74, 6) is -2.63. The van der Waals surface area contributed by atoms with Gasteiger partial charge >= 0.3 is 12.1 Å². The number of aromatic nitrogens is 1. The largest absolute Gasteiger partial charge is 0.478 e. The average molecular weight is 553 g/mol. The molecule has 0 aromatic carbocycles. The van der Waals surface area contributed by atoms with Crippen LogP contribution >= 0.6 is 11.3 Å². The molecule has 0 unspecified atom stereocenters. The third-order valence-electron chi connectivity index (χ3n) is 5.59. The fourth-order valence-corrected chi connectivity index (χ4v) is 4.18. The van der Waals surface area contributed by atoms with E-state index >= 15 is 0 Å². The number of carbonyl (C=O) groups is 5. The number of carboxylic acids is 1. The molecule has 0 saturated carbocycles. The third-order valence-corrected chi connectivity index (χ3v) is 6.35. The molecule has 0 radical (unpaired) electrons. The lowest BCUT2D eigenvalue weighted by atomic mass is 9.96. The van der Waals surface area contributed by atoms with Crippen LogP contribution in [-0.2, 0) is 28.8 Å². The highest BCUT2D eigenvalue weighted by Crippen LogP contribution is 2.20. The number of hydrogen-bond acceptors (Lipinski definition) is 10. The number of amides is 4. The van der Waals surface area contributed by atoms with Gasteiger partial charge in [-0.25, -0.2) is 14.6 Å². The van der Waals surface area contributed by atoms with Gasteiger partial charge in [-0.05, 0) is 47.5 Å². The predicted molar refractivity (Wildman–Crippen MR) is 136 cm³/mol. The van der Waals surface area contributed by atoms with Crippen molar-refractivity contribution in [1.82, 2.24) is 20.5 Å². The van der Waals surface area contributed by atoms with Crippen LogP contribution in [0, 0.1) is 0 Å². The van der Waals surface area contributed by atoms with Crippen LogP contribution in [0.3, 0.4) is 0 Å². The Labute approximate surface area is 223 Å². The summed E-state index contributed by atoms with van der Waals surface area (Å²) in [5.41, 5.74) is -2.95. The monoisotopic (exact) mass is 552 g/mol. The van der Waals surface area contributed by atoms with Crippen LogP contribution in [0.2, 0.25) is 0 Å². The molecule has 2 atom stereocenters. The second-order valence-corrected chi connectivity index (χ2v) is 11.2. The number of piperidine rings is 1. The molecule has 0 bridgehead atoms. The molecule has 0 aliphatic carbocycles. The second-order valence-electron chi connectivity index (χ2n) is 10.4. The van der Waals surface area contributed by atoms with E-state index in [0.29, 0.717) is 13.0 Å². The lowest BCUT2D eigenvalue weighted by molar-refractivity contribution is -0.161. The van der Waals surface area contributed by atoms with Crippen LogP contribution in [0.1, 0.15) is 59.6 Å². The highest BCUT2D eigenvalue weighted by molar-refractivity contribution is 7.14. The van der Waals surface area contributed by atoms with E-state index in [1.807, 2.05) is 0 Å². The first-order valence-electron chi connectivity index (χ1n) is 12.0. The molecule has 1 aromatic rings. The lowest BCUT2D eigenvalue weighted by Gasteiger charge is -2.40. The number of carbonyl (C=O) groups excluding carboxylic acids is 4. The Kier molecular flexibility index (Phi) is 8.59. The molecule has 208 valence electrons. The first-order chi connectivity index (χ1) is 17.7. The minimum atomic E-state index is -1.77. The van der Waals surface area contributed by atoms with E-state index in [1.54, 1.807) is 25.7 Å². The summed E-state index contributed by atoms with van der Waals surface area (Å²) in [6, 6.07) is -1.46. The van der Waals surface area contributed by atoms with Crippen LogP contribution in [0.5, 0.6) is 0 Å². The highest BCUT2D eigenvalue weighted by atomic mass is 32.1. The maximum absolute atomic E-state index is 13.2. The molecule has 2 aliphatic rings. The average Bonchev–Trinajstić information content (AvgIpc) is 3.25. The predicted octanol–water partition coefficient (Wildman–Crippen LogP) is 1.07. The molecule has 1 aromatic heterocycles. The number of anilines is 1. The molecular weight excluding hydrogens is 520 g/mol. The maximum atomic E-state index is 13.2. The molecule has 4 N–H and O–H groups in total. The lowest BCUT2D eigenvalue weighted by Crippen LogP contribution is -2.72. The quantitative estimate of drug-likeness (QED) is 0.197. The number of hydrogen-bond donors (Lipinski definition) is 4. The van der Waals surface area contributed by atoms with Gasteiger partial charge in [0.25, 0.3) is 5.91 Å². The Morgan fingerprint density at radius 1 is 1.24 bits per heavy atom. The number of ether oxygens (including phenoxy) is 1. The van der Waals surface area contributed by atoms with Gasteiger partial charge in [0.15, 0.2) is 10.8 Å². The smallest absolute Gasteiger partial charge is 0.413 e. The molecule has 2 aliphatic heterocycles. The van der Waals surface area contributed by atoms with Gasteiger partial charge in [-0.2, -0.15) is 0 Å². The SMILES string of the molecule is CC(C)(C)OC(=O)Nc1nc(C(=NOC(C)(C)C(=O)O)C(=O)N[C@@H]2C(=O)N[C@@H]2CN2CCCCC2=O)cs1. The van der Waals surface area contributed by atoms with Crippen molar-refractivity contribution in [2.45, 2.75) is 77.2 Å². The molecule has 2 saturated heterocycles. The molecule has 0 spiro atoms. The number of oxime groups is 1. The Balaban J connectivity index is 1.77. The number of nitrogens with zero attached hydrogens (tertiary/aromatic N) is 3. The Bertz CT molecular complexity index is 1140. The van der Waals surface area contributed by atoms with E-state index < -0.39 is 52.9 Å². The summed E-state index contributed by atoms with van der Waals surface area (Å²) in [4.78, 5) is 72.1. The van der Waals surface area contributed by atoms with E-state index in [1.165, 1.54) is 19.2 Å². The van der Waals surface area contributed by atoms with E-state index in [9.17, 15) is 29.1 Å². The summed E-state index contributed by atoms with van der Waals surface area (Å²) in [7, 11) is 0. The van der Waals surface area contributed by atoms with Crippen molar-refractivity contribution in [2.24, 2.45) is 5.16 Å². The third kappa shape index (κ3) is 7.40. The van der Waals surface area contributed by atoms with Gasteiger partial charge in [0.2, 0.25) is 17.4 Å². The van der Waals surface area contributed by atoms with E-state index in [0.717, 1.165) is 24.2 Å². The summed E-state index contributed by atoms with van der Waals surface area (Å²) < 4.78 is 5.19. The first-order valence-corrected chi connectivity index (χ1v) is 12.9. The van der Waals surface area contributed by atoms with Crippen LogP contribution < -0.4 is 16.0 Å². The molecular formula is C23H32N6O8S. The number of nitrogens with one attached hydrogen (secondary N) is 3. The second kappa shape index (κ2) is 11.3. The first kappa shape index (κ1) is 28.8. The molecule has 3 rings (SSSR count). The van der Waals surface area contributed by atoms with Gasteiger partial charge < -0.3 is 30.2 Å². The summed E-state index contributed by atoms with van der Waals surface area (Å²) >= 11 is 0.973. The van der Waals surface area contributed by atoms with Gasteiger partial charge in [0.1, 0.15) is 17.3 Å². The van der Waals surface area contributed by atoms with Crippen LogP contribution in [0.4, 0.5) is 9.93 Å². The summed E-state index contributed by atoms with van der Waals surface area (Å²) in [5, 5.41) is 22.3. The van der Waals surface area contributed by atoms with Gasteiger partial charge in [0.05, 0.1) is 6.04 Å². The molecule has 3 heterocycles. The number of likely N-dealkylation sites (tertiary alicyclic amines) is 1. The van der Waals surface area contributed by atoms with Crippen molar-refractivity contribution in [1.29, 1.82) is 0 Å². The highest BCUT2D eigenvalue weighted by Gasteiger charge is 2.43. The van der Waals surface area contributed by atoms with Gasteiger partial charge in [0, 0.05) is 24.9 Å². The topological polar surface area (TPSA) is 189 Å². The number of carboxylic acid groups (broad SMARTS) is 1. The Hall–Kier alpha value is -3.75. The molecule has 4 amide bonds. The van der Waals surface area contributed by atoms with Crippen LogP contribution in [0.15, 0.2) is 10.5 Å². The molecule has 15 heteroatoms. The molecule has 14 nitrogen and oxygen atoms in total.